The van der Waals surface area contributed by atoms with Gasteiger partial charge in [-0.15, -0.1) is 0 Å². The molecule has 0 aliphatic carbocycles. The van der Waals surface area contributed by atoms with Crippen LogP contribution in [0.4, 0.5) is 13.2 Å². The highest BCUT2D eigenvalue weighted by atomic mass is 19.1. The standard InChI is InChI=1S/C16H16F3N/c1-16(20,10-12-4-2-3-5-15(12)19)9-11-6-13(17)8-14(18)7-11/h2-8H,9-10,20H2,1H3. The van der Waals surface area contributed by atoms with Gasteiger partial charge in [0.2, 0.25) is 0 Å². The van der Waals surface area contributed by atoms with Gasteiger partial charge >= 0.3 is 0 Å². The molecule has 0 aliphatic heterocycles. The number of halogens is 3. The van der Waals surface area contributed by atoms with Crippen LogP contribution < -0.4 is 5.73 Å². The maximum Gasteiger partial charge on any atom is 0.126 e. The van der Waals surface area contributed by atoms with Crippen molar-refractivity contribution in [2.24, 2.45) is 5.73 Å². The first-order valence-electron chi connectivity index (χ1n) is 6.33. The van der Waals surface area contributed by atoms with Gasteiger partial charge in [-0.05, 0) is 49.1 Å². The Morgan fingerprint density at radius 1 is 0.950 bits per heavy atom. The van der Waals surface area contributed by atoms with E-state index in [1.165, 1.54) is 18.2 Å². The van der Waals surface area contributed by atoms with Gasteiger partial charge in [-0.3, -0.25) is 0 Å². The molecule has 0 amide bonds. The topological polar surface area (TPSA) is 26.0 Å². The lowest BCUT2D eigenvalue weighted by Gasteiger charge is -2.25. The minimum Gasteiger partial charge on any atom is -0.325 e. The SMILES string of the molecule is CC(N)(Cc1cc(F)cc(F)c1)Cc1ccccc1F. The van der Waals surface area contributed by atoms with Crippen LogP contribution in [0.5, 0.6) is 0 Å². The highest BCUT2D eigenvalue weighted by molar-refractivity contribution is 5.24. The lowest BCUT2D eigenvalue weighted by atomic mass is 9.87. The molecule has 0 fully saturated rings. The van der Waals surface area contributed by atoms with Crippen LogP contribution in [0.2, 0.25) is 0 Å². The van der Waals surface area contributed by atoms with E-state index in [0.29, 0.717) is 11.1 Å². The van der Waals surface area contributed by atoms with Crippen LogP contribution in [0.15, 0.2) is 42.5 Å². The third-order valence-corrected chi connectivity index (χ3v) is 3.08. The van der Waals surface area contributed by atoms with Crippen LogP contribution in [-0.2, 0) is 12.8 Å². The Morgan fingerprint density at radius 3 is 2.15 bits per heavy atom. The largest absolute Gasteiger partial charge is 0.325 e. The van der Waals surface area contributed by atoms with E-state index in [1.807, 2.05) is 0 Å². The fourth-order valence-electron chi connectivity index (χ4n) is 2.32. The van der Waals surface area contributed by atoms with E-state index in [1.54, 1.807) is 25.1 Å². The predicted molar refractivity (Wildman–Crippen MR) is 72.8 cm³/mol. The molecule has 0 aromatic heterocycles. The average Bonchev–Trinajstić information content (AvgIpc) is 2.29. The van der Waals surface area contributed by atoms with E-state index >= 15 is 0 Å². The van der Waals surface area contributed by atoms with E-state index in [2.05, 4.69) is 0 Å². The molecule has 0 saturated carbocycles. The Bertz CT molecular complexity index is 588. The first-order chi connectivity index (χ1) is 9.35. The summed E-state index contributed by atoms with van der Waals surface area (Å²) >= 11 is 0. The van der Waals surface area contributed by atoms with Crippen LogP contribution in [0.1, 0.15) is 18.1 Å². The zero-order valence-corrected chi connectivity index (χ0v) is 11.2. The van der Waals surface area contributed by atoms with Gasteiger partial charge in [-0.1, -0.05) is 18.2 Å². The predicted octanol–water partition coefficient (Wildman–Crippen LogP) is 3.61. The van der Waals surface area contributed by atoms with Gasteiger partial charge in [0.1, 0.15) is 17.5 Å². The van der Waals surface area contributed by atoms with Crippen molar-refractivity contribution in [1.29, 1.82) is 0 Å². The summed E-state index contributed by atoms with van der Waals surface area (Å²) in [6.45, 7) is 1.74. The number of hydrogen-bond acceptors (Lipinski definition) is 1. The van der Waals surface area contributed by atoms with Crippen LogP contribution in [0, 0.1) is 17.5 Å². The Morgan fingerprint density at radius 2 is 1.55 bits per heavy atom. The van der Waals surface area contributed by atoms with Crippen molar-refractivity contribution in [3.05, 3.63) is 71.0 Å². The third kappa shape index (κ3) is 3.84. The molecule has 0 heterocycles. The molecular weight excluding hydrogens is 263 g/mol. The molecule has 2 aromatic carbocycles. The molecule has 106 valence electrons. The molecule has 0 radical (unpaired) electrons. The first kappa shape index (κ1) is 14.6. The number of hydrogen-bond donors (Lipinski definition) is 1. The Hall–Kier alpha value is -1.81. The van der Waals surface area contributed by atoms with Gasteiger partial charge in [0, 0.05) is 11.6 Å². The third-order valence-electron chi connectivity index (χ3n) is 3.08. The highest BCUT2D eigenvalue weighted by Crippen LogP contribution is 2.19. The van der Waals surface area contributed by atoms with E-state index in [4.69, 9.17) is 5.73 Å². The summed E-state index contributed by atoms with van der Waals surface area (Å²) in [6.07, 6.45) is 0.549. The van der Waals surface area contributed by atoms with Crippen LogP contribution >= 0.6 is 0 Å². The Kier molecular flexibility index (Phi) is 4.14. The van der Waals surface area contributed by atoms with Gasteiger partial charge in [-0.25, -0.2) is 13.2 Å². The minimum absolute atomic E-state index is 0.260. The van der Waals surface area contributed by atoms with Crippen molar-refractivity contribution in [2.75, 3.05) is 0 Å². The summed E-state index contributed by atoms with van der Waals surface area (Å²) < 4.78 is 39.9. The molecule has 1 nitrogen and oxygen atoms in total. The zero-order valence-electron chi connectivity index (χ0n) is 11.2. The molecule has 2 rings (SSSR count). The van der Waals surface area contributed by atoms with E-state index in [0.717, 1.165) is 6.07 Å². The van der Waals surface area contributed by atoms with Gasteiger partial charge in [-0.2, -0.15) is 0 Å². The fraction of sp³-hybridized carbons (Fsp3) is 0.250. The second-order valence-corrected chi connectivity index (χ2v) is 5.38. The first-order valence-corrected chi connectivity index (χ1v) is 6.33. The molecule has 4 heteroatoms. The molecule has 0 aliphatic rings. The van der Waals surface area contributed by atoms with Gasteiger partial charge in [0.05, 0.1) is 0 Å². The molecule has 0 spiro atoms. The van der Waals surface area contributed by atoms with Crippen molar-refractivity contribution in [1.82, 2.24) is 0 Å². The van der Waals surface area contributed by atoms with Crippen molar-refractivity contribution in [2.45, 2.75) is 25.3 Å². The summed E-state index contributed by atoms with van der Waals surface area (Å²) in [5.41, 5.74) is 6.31. The lowest BCUT2D eigenvalue weighted by molar-refractivity contribution is 0.448. The maximum absolute atomic E-state index is 13.6. The van der Waals surface area contributed by atoms with E-state index in [9.17, 15) is 13.2 Å². The number of nitrogens with two attached hydrogens (primary N) is 1. The quantitative estimate of drug-likeness (QED) is 0.909. The van der Waals surface area contributed by atoms with Crippen LogP contribution in [-0.4, -0.2) is 5.54 Å². The second kappa shape index (κ2) is 5.67. The molecule has 20 heavy (non-hydrogen) atoms. The van der Waals surface area contributed by atoms with Gasteiger partial charge in [0.15, 0.2) is 0 Å². The zero-order chi connectivity index (χ0) is 14.8. The summed E-state index contributed by atoms with van der Waals surface area (Å²) in [4.78, 5) is 0. The van der Waals surface area contributed by atoms with Crippen molar-refractivity contribution in [3.8, 4) is 0 Å². The van der Waals surface area contributed by atoms with Crippen LogP contribution in [0.3, 0.4) is 0 Å². The summed E-state index contributed by atoms with van der Waals surface area (Å²) in [5.74, 6) is -1.60. The normalized spacial score (nSPS) is 14.1. The van der Waals surface area contributed by atoms with Crippen molar-refractivity contribution >= 4 is 0 Å². The molecule has 2 N–H and O–H groups in total. The minimum atomic E-state index is -0.789. The Balaban J connectivity index is 2.16. The molecule has 0 saturated heterocycles. The molecule has 2 aromatic rings. The number of rotatable bonds is 4. The highest BCUT2D eigenvalue weighted by Gasteiger charge is 2.22. The maximum atomic E-state index is 13.6. The molecule has 1 atom stereocenters. The van der Waals surface area contributed by atoms with E-state index < -0.39 is 17.2 Å². The summed E-state index contributed by atoms with van der Waals surface area (Å²) in [7, 11) is 0. The van der Waals surface area contributed by atoms with Crippen molar-refractivity contribution in [3.63, 3.8) is 0 Å². The van der Waals surface area contributed by atoms with Crippen molar-refractivity contribution < 1.29 is 13.2 Å². The molecule has 0 bridgehead atoms. The average molecular weight is 279 g/mol. The van der Waals surface area contributed by atoms with Gasteiger partial charge < -0.3 is 5.73 Å². The van der Waals surface area contributed by atoms with Crippen LogP contribution in [0.25, 0.3) is 0 Å². The molecule has 1 unspecified atom stereocenters. The summed E-state index contributed by atoms with van der Waals surface area (Å²) in [5, 5.41) is 0. The fourth-order valence-corrected chi connectivity index (χ4v) is 2.32. The lowest BCUT2D eigenvalue weighted by Crippen LogP contribution is -2.41. The monoisotopic (exact) mass is 279 g/mol. The Labute approximate surface area is 116 Å². The second-order valence-electron chi connectivity index (χ2n) is 5.38. The summed E-state index contributed by atoms with van der Waals surface area (Å²) in [6, 6.07) is 9.67. The number of benzene rings is 2. The van der Waals surface area contributed by atoms with Gasteiger partial charge in [0.25, 0.3) is 0 Å². The van der Waals surface area contributed by atoms with E-state index in [-0.39, 0.29) is 18.7 Å². The molecular formula is C16H16F3N. The smallest absolute Gasteiger partial charge is 0.126 e.